The normalized spacial score (nSPS) is 14.4. The standard InChI is InChI=1S/C18H21N3O5S2/c1-19-27(23,24)15-6-4-5-14(12-15)18(22)21-10-9-13-11-16(7-8-17(13)21)28(25,26)20(2)3/h4-8,11-12,19H,9-10H2,1-3H3. The summed E-state index contributed by atoms with van der Waals surface area (Å²) in [6.07, 6.45) is 0.520. The average molecular weight is 424 g/mol. The molecule has 0 saturated heterocycles. The molecule has 8 nitrogen and oxygen atoms in total. The number of nitrogens with one attached hydrogen (secondary N) is 1. The summed E-state index contributed by atoms with van der Waals surface area (Å²) in [6.45, 7) is 0.392. The van der Waals surface area contributed by atoms with Gasteiger partial charge < -0.3 is 4.90 Å². The highest BCUT2D eigenvalue weighted by Gasteiger charge is 2.28. The summed E-state index contributed by atoms with van der Waals surface area (Å²) in [5, 5.41) is 0. The van der Waals surface area contributed by atoms with E-state index < -0.39 is 20.0 Å². The largest absolute Gasteiger partial charge is 0.308 e. The van der Waals surface area contributed by atoms with Crippen molar-refractivity contribution in [3.8, 4) is 0 Å². The van der Waals surface area contributed by atoms with E-state index in [4.69, 9.17) is 0 Å². The van der Waals surface area contributed by atoms with Crippen molar-refractivity contribution >= 4 is 31.6 Å². The van der Waals surface area contributed by atoms with E-state index in [2.05, 4.69) is 4.72 Å². The molecular formula is C18H21N3O5S2. The molecule has 0 aliphatic carbocycles. The average Bonchev–Trinajstić information content (AvgIpc) is 3.10. The highest BCUT2D eigenvalue weighted by molar-refractivity contribution is 7.89. The van der Waals surface area contributed by atoms with Gasteiger partial charge in [0.2, 0.25) is 20.0 Å². The third kappa shape index (κ3) is 3.55. The second-order valence-electron chi connectivity index (χ2n) is 6.52. The first-order chi connectivity index (χ1) is 13.1. The van der Waals surface area contributed by atoms with E-state index >= 15 is 0 Å². The lowest BCUT2D eigenvalue weighted by Crippen LogP contribution is -2.29. The number of amides is 1. The number of carbonyl (C=O) groups is 1. The Morgan fingerprint density at radius 3 is 2.39 bits per heavy atom. The van der Waals surface area contributed by atoms with Gasteiger partial charge in [0.1, 0.15) is 0 Å². The zero-order valence-corrected chi connectivity index (χ0v) is 17.3. The summed E-state index contributed by atoms with van der Waals surface area (Å²) < 4.78 is 52.0. The van der Waals surface area contributed by atoms with E-state index in [1.807, 2.05) is 0 Å². The van der Waals surface area contributed by atoms with E-state index in [9.17, 15) is 21.6 Å². The number of nitrogens with zero attached hydrogens (tertiary/aromatic N) is 2. The van der Waals surface area contributed by atoms with Gasteiger partial charge >= 0.3 is 0 Å². The number of anilines is 1. The summed E-state index contributed by atoms with van der Waals surface area (Å²) in [5.74, 6) is -0.338. The maximum atomic E-state index is 13.0. The fourth-order valence-corrected chi connectivity index (χ4v) is 4.76. The van der Waals surface area contributed by atoms with Crippen LogP contribution in [0.4, 0.5) is 5.69 Å². The molecule has 28 heavy (non-hydrogen) atoms. The molecule has 0 saturated carbocycles. The highest BCUT2D eigenvalue weighted by Crippen LogP contribution is 2.32. The Bertz CT molecular complexity index is 1140. The predicted octanol–water partition coefficient (Wildman–Crippen LogP) is 1.05. The lowest BCUT2D eigenvalue weighted by atomic mass is 10.1. The van der Waals surface area contributed by atoms with Gasteiger partial charge in [-0.15, -0.1) is 0 Å². The lowest BCUT2D eigenvalue weighted by Gasteiger charge is -2.18. The molecule has 0 bridgehead atoms. The minimum atomic E-state index is -3.66. The molecule has 10 heteroatoms. The first-order valence-corrected chi connectivity index (χ1v) is 11.4. The Kier molecular flexibility index (Phi) is 5.32. The van der Waals surface area contributed by atoms with Crippen LogP contribution in [0, 0.1) is 0 Å². The van der Waals surface area contributed by atoms with Crippen molar-refractivity contribution in [1.29, 1.82) is 0 Å². The second kappa shape index (κ2) is 7.28. The van der Waals surface area contributed by atoms with Crippen molar-refractivity contribution in [2.24, 2.45) is 0 Å². The molecule has 0 fully saturated rings. The van der Waals surface area contributed by atoms with Gasteiger partial charge in [-0.3, -0.25) is 4.79 Å². The van der Waals surface area contributed by atoms with E-state index in [1.54, 1.807) is 18.2 Å². The van der Waals surface area contributed by atoms with Crippen LogP contribution in [0.1, 0.15) is 15.9 Å². The molecular weight excluding hydrogens is 402 g/mol. The smallest absolute Gasteiger partial charge is 0.258 e. The molecule has 1 aliphatic rings. The number of fused-ring (bicyclic) bond motifs is 1. The monoisotopic (exact) mass is 423 g/mol. The maximum Gasteiger partial charge on any atom is 0.258 e. The number of hydrogen-bond donors (Lipinski definition) is 1. The van der Waals surface area contributed by atoms with Gasteiger partial charge in [0.15, 0.2) is 0 Å². The Labute approximate surface area is 164 Å². The van der Waals surface area contributed by atoms with E-state index in [1.165, 1.54) is 50.3 Å². The third-order valence-electron chi connectivity index (χ3n) is 4.63. The molecule has 150 valence electrons. The first kappa shape index (κ1) is 20.5. The quantitative estimate of drug-likeness (QED) is 0.774. The minimum absolute atomic E-state index is 0.00712. The van der Waals surface area contributed by atoms with Gasteiger partial charge in [0.25, 0.3) is 5.91 Å². The van der Waals surface area contributed by atoms with Crippen molar-refractivity contribution < 1.29 is 21.6 Å². The summed E-state index contributed by atoms with van der Waals surface area (Å²) in [6, 6.07) is 10.5. The number of benzene rings is 2. The molecule has 0 spiro atoms. The van der Waals surface area contributed by atoms with Crippen LogP contribution in [0.2, 0.25) is 0 Å². The molecule has 2 aromatic rings. The van der Waals surface area contributed by atoms with Crippen LogP contribution in [0.15, 0.2) is 52.3 Å². The molecule has 1 aliphatic heterocycles. The SMILES string of the molecule is CNS(=O)(=O)c1cccc(C(=O)N2CCc3cc(S(=O)(=O)N(C)C)ccc32)c1. The number of hydrogen-bond acceptors (Lipinski definition) is 5. The molecule has 1 N–H and O–H groups in total. The first-order valence-electron chi connectivity index (χ1n) is 8.49. The van der Waals surface area contributed by atoms with Crippen LogP contribution < -0.4 is 9.62 Å². The van der Waals surface area contributed by atoms with Crippen LogP contribution in [-0.4, -0.2) is 54.7 Å². The zero-order valence-electron chi connectivity index (χ0n) is 15.7. The van der Waals surface area contributed by atoms with Crippen LogP contribution in [0.25, 0.3) is 0 Å². The van der Waals surface area contributed by atoms with Gasteiger partial charge in [-0.05, 0) is 55.4 Å². The Morgan fingerprint density at radius 2 is 1.75 bits per heavy atom. The van der Waals surface area contributed by atoms with Crippen molar-refractivity contribution in [3.05, 3.63) is 53.6 Å². The fourth-order valence-electron chi connectivity index (χ4n) is 3.03. The van der Waals surface area contributed by atoms with Gasteiger partial charge in [-0.2, -0.15) is 0 Å². The topological polar surface area (TPSA) is 104 Å². The van der Waals surface area contributed by atoms with Gasteiger partial charge in [0.05, 0.1) is 9.79 Å². The third-order valence-corrected chi connectivity index (χ3v) is 7.85. The summed E-state index contributed by atoms with van der Waals surface area (Å²) in [5.41, 5.74) is 1.63. The molecule has 2 aromatic carbocycles. The summed E-state index contributed by atoms with van der Waals surface area (Å²) in [7, 11) is -2.99. The Hall–Kier alpha value is -2.27. The molecule has 0 radical (unpaired) electrons. The summed E-state index contributed by atoms with van der Waals surface area (Å²) in [4.78, 5) is 14.7. The second-order valence-corrected chi connectivity index (χ2v) is 10.6. The maximum absolute atomic E-state index is 13.0. The Balaban J connectivity index is 1.95. The fraction of sp³-hybridized carbons (Fsp3) is 0.278. The number of sulfonamides is 2. The summed E-state index contributed by atoms with van der Waals surface area (Å²) >= 11 is 0. The van der Waals surface area contributed by atoms with Crippen LogP contribution in [-0.2, 0) is 26.5 Å². The molecule has 3 rings (SSSR count). The van der Waals surface area contributed by atoms with E-state index in [0.717, 1.165) is 9.87 Å². The zero-order chi connectivity index (χ0) is 20.7. The molecule has 1 heterocycles. The lowest BCUT2D eigenvalue weighted by molar-refractivity contribution is 0.0989. The van der Waals surface area contributed by atoms with Gasteiger partial charge in [-0.25, -0.2) is 25.9 Å². The van der Waals surface area contributed by atoms with E-state index in [-0.39, 0.29) is 21.3 Å². The van der Waals surface area contributed by atoms with Crippen molar-refractivity contribution in [2.75, 3.05) is 32.6 Å². The number of carbonyl (C=O) groups excluding carboxylic acids is 1. The molecule has 0 aromatic heterocycles. The molecule has 0 unspecified atom stereocenters. The van der Waals surface area contributed by atoms with Gasteiger partial charge in [-0.1, -0.05) is 6.07 Å². The predicted molar refractivity (Wildman–Crippen MR) is 105 cm³/mol. The van der Waals surface area contributed by atoms with Crippen molar-refractivity contribution in [2.45, 2.75) is 16.2 Å². The minimum Gasteiger partial charge on any atom is -0.308 e. The van der Waals surface area contributed by atoms with Gasteiger partial charge in [0, 0.05) is 31.9 Å². The van der Waals surface area contributed by atoms with E-state index in [0.29, 0.717) is 18.7 Å². The highest BCUT2D eigenvalue weighted by atomic mass is 32.2. The number of rotatable bonds is 5. The van der Waals surface area contributed by atoms with Crippen LogP contribution >= 0.6 is 0 Å². The van der Waals surface area contributed by atoms with Crippen molar-refractivity contribution in [1.82, 2.24) is 9.03 Å². The van der Waals surface area contributed by atoms with Crippen LogP contribution in [0.3, 0.4) is 0 Å². The Morgan fingerprint density at radius 1 is 1.04 bits per heavy atom. The molecule has 0 atom stereocenters. The molecule has 1 amide bonds. The van der Waals surface area contributed by atoms with Crippen molar-refractivity contribution in [3.63, 3.8) is 0 Å². The van der Waals surface area contributed by atoms with Crippen LogP contribution in [0.5, 0.6) is 0 Å².